The first-order chi connectivity index (χ1) is 8.83. The predicted octanol–water partition coefficient (Wildman–Crippen LogP) is 2.33. The molecule has 4 aliphatic rings. The van der Waals surface area contributed by atoms with Gasteiger partial charge in [-0.05, 0) is 49.9 Å². The van der Waals surface area contributed by atoms with Crippen LogP contribution in [0.4, 0.5) is 0 Å². The molecule has 4 atom stereocenters. The van der Waals surface area contributed by atoms with Gasteiger partial charge >= 0.3 is 5.97 Å². The van der Waals surface area contributed by atoms with Crippen LogP contribution in [0.2, 0.25) is 0 Å². The Hall–Kier alpha value is -1.06. The SMILES string of the molecule is CCC12CC3CC(NC(C)=O)(C1)CC(C(=O)O)(C3)C2. The number of rotatable bonds is 3. The number of hydrogen-bond donors (Lipinski definition) is 2. The van der Waals surface area contributed by atoms with Crippen molar-refractivity contribution in [2.24, 2.45) is 16.7 Å². The van der Waals surface area contributed by atoms with Crippen molar-refractivity contribution in [3.63, 3.8) is 0 Å². The molecule has 4 bridgehead atoms. The van der Waals surface area contributed by atoms with Gasteiger partial charge in [0.25, 0.3) is 0 Å². The molecule has 0 aliphatic heterocycles. The van der Waals surface area contributed by atoms with E-state index in [1.54, 1.807) is 6.92 Å². The van der Waals surface area contributed by atoms with E-state index in [1.807, 2.05) is 0 Å². The molecule has 2 N–H and O–H groups in total. The lowest BCUT2D eigenvalue weighted by Gasteiger charge is -2.65. The number of carbonyl (C=O) groups is 2. The van der Waals surface area contributed by atoms with E-state index in [0.717, 1.165) is 38.5 Å². The maximum Gasteiger partial charge on any atom is 0.309 e. The van der Waals surface area contributed by atoms with Crippen molar-refractivity contribution in [3.05, 3.63) is 0 Å². The van der Waals surface area contributed by atoms with Crippen molar-refractivity contribution in [1.82, 2.24) is 5.32 Å². The van der Waals surface area contributed by atoms with E-state index in [-0.39, 0.29) is 16.9 Å². The van der Waals surface area contributed by atoms with Crippen LogP contribution in [0.5, 0.6) is 0 Å². The first-order valence-electron chi connectivity index (χ1n) is 7.35. The standard InChI is InChI=1S/C15H23NO3/c1-3-13-4-11-5-14(7-13,12(18)19)9-15(6-11,8-13)16-10(2)17/h11H,3-9H2,1-2H3,(H,16,17)(H,18,19). The topological polar surface area (TPSA) is 66.4 Å². The third kappa shape index (κ3) is 1.79. The molecular formula is C15H23NO3. The van der Waals surface area contributed by atoms with Crippen molar-refractivity contribution in [2.45, 2.75) is 64.3 Å². The average molecular weight is 265 g/mol. The number of carboxylic acid groups (broad SMARTS) is 1. The van der Waals surface area contributed by atoms with Crippen molar-refractivity contribution >= 4 is 11.9 Å². The van der Waals surface area contributed by atoms with Gasteiger partial charge in [0, 0.05) is 12.5 Å². The van der Waals surface area contributed by atoms with Gasteiger partial charge in [-0.25, -0.2) is 0 Å². The number of carboxylic acids is 1. The number of amides is 1. The van der Waals surface area contributed by atoms with Crippen LogP contribution < -0.4 is 5.32 Å². The summed E-state index contributed by atoms with van der Waals surface area (Å²) < 4.78 is 0. The summed E-state index contributed by atoms with van der Waals surface area (Å²) in [5.41, 5.74) is -0.697. The second kappa shape index (κ2) is 3.74. The summed E-state index contributed by atoms with van der Waals surface area (Å²) in [6, 6.07) is 0. The van der Waals surface area contributed by atoms with Gasteiger partial charge < -0.3 is 10.4 Å². The Kier molecular flexibility index (Phi) is 2.55. The Morgan fingerprint density at radius 3 is 2.53 bits per heavy atom. The fourth-order valence-electron chi connectivity index (χ4n) is 5.78. The summed E-state index contributed by atoms with van der Waals surface area (Å²) >= 11 is 0. The van der Waals surface area contributed by atoms with Crippen LogP contribution >= 0.6 is 0 Å². The van der Waals surface area contributed by atoms with Crippen LogP contribution in [0.1, 0.15) is 58.8 Å². The number of carbonyl (C=O) groups excluding carboxylic acids is 1. The lowest BCUT2D eigenvalue weighted by atomic mass is 9.41. The molecule has 0 aromatic carbocycles. The smallest absolute Gasteiger partial charge is 0.309 e. The predicted molar refractivity (Wildman–Crippen MR) is 70.5 cm³/mol. The summed E-state index contributed by atoms with van der Waals surface area (Å²) in [5.74, 6) is -0.197. The molecule has 4 nitrogen and oxygen atoms in total. The molecule has 4 rings (SSSR count). The molecule has 0 saturated heterocycles. The van der Waals surface area contributed by atoms with Crippen LogP contribution in [0.15, 0.2) is 0 Å². The van der Waals surface area contributed by atoms with Crippen LogP contribution in [0, 0.1) is 16.7 Å². The highest BCUT2D eigenvalue weighted by atomic mass is 16.4. The van der Waals surface area contributed by atoms with E-state index in [4.69, 9.17) is 0 Å². The van der Waals surface area contributed by atoms with Gasteiger partial charge in [0.1, 0.15) is 0 Å². The van der Waals surface area contributed by atoms with Crippen LogP contribution in [-0.4, -0.2) is 22.5 Å². The molecular weight excluding hydrogens is 242 g/mol. The molecule has 4 fully saturated rings. The highest BCUT2D eigenvalue weighted by Gasteiger charge is 2.65. The molecule has 4 heteroatoms. The molecule has 0 aromatic rings. The third-order valence-electron chi connectivity index (χ3n) is 5.83. The number of aliphatic carboxylic acids is 1. The Balaban J connectivity index is 2.01. The van der Waals surface area contributed by atoms with E-state index >= 15 is 0 Å². The highest BCUT2D eigenvalue weighted by molar-refractivity contribution is 5.77. The van der Waals surface area contributed by atoms with Crippen LogP contribution in [-0.2, 0) is 9.59 Å². The molecule has 106 valence electrons. The third-order valence-corrected chi connectivity index (χ3v) is 5.83. The van der Waals surface area contributed by atoms with E-state index in [9.17, 15) is 14.7 Å². The Labute approximate surface area is 113 Å². The van der Waals surface area contributed by atoms with Crippen LogP contribution in [0.25, 0.3) is 0 Å². The van der Waals surface area contributed by atoms with Crippen molar-refractivity contribution in [2.75, 3.05) is 0 Å². The number of nitrogens with one attached hydrogen (secondary N) is 1. The van der Waals surface area contributed by atoms with Gasteiger partial charge in [-0.15, -0.1) is 0 Å². The zero-order chi connectivity index (χ0) is 13.9. The Bertz CT molecular complexity index is 449. The minimum atomic E-state index is -0.649. The van der Waals surface area contributed by atoms with Gasteiger partial charge in [-0.1, -0.05) is 13.3 Å². The molecule has 4 aliphatic carbocycles. The Morgan fingerprint density at radius 1 is 1.21 bits per heavy atom. The monoisotopic (exact) mass is 265 g/mol. The summed E-state index contributed by atoms with van der Waals surface area (Å²) in [6.45, 7) is 3.72. The minimum Gasteiger partial charge on any atom is -0.481 e. The molecule has 0 aromatic heterocycles. The van der Waals surface area contributed by atoms with E-state index in [2.05, 4.69) is 12.2 Å². The first-order valence-corrected chi connectivity index (χ1v) is 7.35. The molecule has 0 radical (unpaired) electrons. The summed E-state index contributed by atoms with van der Waals surface area (Å²) in [7, 11) is 0. The Morgan fingerprint density at radius 2 is 1.95 bits per heavy atom. The summed E-state index contributed by atoms with van der Waals surface area (Å²) in [4.78, 5) is 23.4. The fourth-order valence-corrected chi connectivity index (χ4v) is 5.78. The lowest BCUT2D eigenvalue weighted by Crippen LogP contribution is -2.67. The van der Waals surface area contributed by atoms with Gasteiger partial charge in [-0.2, -0.15) is 0 Å². The minimum absolute atomic E-state index is 0.0197. The molecule has 4 saturated carbocycles. The van der Waals surface area contributed by atoms with E-state index in [0.29, 0.717) is 12.3 Å². The molecule has 0 heterocycles. The van der Waals surface area contributed by atoms with E-state index < -0.39 is 11.4 Å². The zero-order valence-electron chi connectivity index (χ0n) is 11.8. The molecule has 19 heavy (non-hydrogen) atoms. The summed E-state index contributed by atoms with van der Waals surface area (Å²) in [5, 5.41) is 12.8. The van der Waals surface area contributed by atoms with Crippen molar-refractivity contribution in [1.29, 1.82) is 0 Å². The van der Waals surface area contributed by atoms with Crippen LogP contribution in [0.3, 0.4) is 0 Å². The molecule has 4 unspecified atom stereocenters. The van der Waals surface area contributed by atoms with E-state index in [1.165, 1.54) is 0 Å². The van der Waals surface area contributed by atoms with Gasteiger partial charge in [0.15, 0.2) is 0 Å². The quantitative estimate of drug-likeness (QED) is 0.823. The fraction of sp³-hybridized carbons (Fsp3) is 0.867. The van der Waals surface area contributed by atoms with Crippen molar-refractivity contribution < 1.29 is 14.7 Å². The van der Waals surface area contributed by atoms with Gasteiger partial charge in [0.05, 0.1) is 5.41 Å². The van der Waals surface area contributed by atoms with Gasteiger partial charge in [-0.3, -0.25) is 9.59 Å². The molecule has 0 spiro atoms. The zero-order valence-corrected chi connectivity index (χ0v) is 11.8. The number of hydrogen-bond acceptors (Lipinski definition) is 2. The molecule has 1 amide bonds. The van der Waals surface area contributed by atoms with Crippen molar-refractivity contribution in [3.8, 4) is 0 Å². The average Bonchev–Trinajstić information content (AvgIpc) is 2.25. The second-order valence-electron chi connectivity index (χ2n) is 7.41. The maximum atomic E-state index is 11.8. The normalized spacial score (nSPS) is 47.2. The van der Waals surface area contributed by atoms with Gasteiger partial charge in [0.2, 0.25) is 5.91 Å². The highest BCUT2D eigenvalue weighted by Crippen LogP contribution is 2.67. The lowest BCUT2D eigenvalue weighted by molar-refractivity contribution is -0.182. The largest absolute Gasteiger partial charge is 0.481 e. The maximum absolute atomic E-state index is 11.8. The second-order valence-corrected chi connectivity index (χ2v) is 7.41. The first kappa shape index (κ1) is 12.9. The summed E-state index contributed by atoms with van der Waals surface area (Å²) in [6.07, 6.45) is 6.38.